The maximum Gasteiger partial charge on any atom is 0.313 e. The van der Waals surface area contributed by atoms with Gasteiger partial charge in [-0.1, -0.05) is 11.6 Å². The van der Waals surface area contributed by atoms with Crippen molar-refractivity contribution < 1.29 is 23.9 Å². The highest BCUT2D eigenvalue weighted by molar-refractivity contribution is 6.30. The number of hydrogen-bond donors (Lipinski definition) is 2. The summed E-state index contributed by atoms with van der Waals surface area (Å²) in [6.07, 6.45) is 0.442. The van der Waals surface area contributed by atoms with Crippen LogP contribution in [0, 0.1) is 5.92 Å². The van der Waals surface area contributed by atoms with Gasteiger partial charge in [-0.2, -0.15) is 0 Å². The zero-order chi connectivity index (χ0) is 20.1. The van der Waals surface area contributed by atoms with Gasteiger partial charge < -0.3 is 20.1 Å². The number of hydrogen-bond acceptors (Lipinski definition) is 5. The third kappa shape index (κ3) is 4.80. The van der Waals surface area contributed by atoms with Crippen LogP contribution in [-0.2, 0) is 20.7 Å². The third-order valence-electron chi connectivity index (χ3n) is 4.27. The van der Waals surface area contributed by atoms with Crippen LogP contribution in [-0.4, -0.2) is 38.0 Å². The van der Waals surface area contributed by atoms with E-state index >= 15 is 0 Å². The lowest BCUT2D eigenvalue weighted by atomic mass is 9.97. The Hall–Kier alpha value is -3.06. The monoisotopic (exact) mass is 402 g/mol. The minimum Gasteiger partial charge on any atom is -0.492 e. The lowest BCUT2D eigenvalue weighted by Crippen LogP contribution is -2.32. The number of nitrogens with one attached hydrogen (secondary N) is 2. The van der Waals surface area contributed by atoms with E-state index in [2.05, 4.69) is 10.6 Å². The Balaban J connectivity index is 1.49. The van der Waals surface area contributed by atoms with E-state index in [1.54, 1.807) is 42.5 Å². The summed E-state index contributed by atoms with van der Waals surface area (Å²) in [5.74, 6) is -0.988. The third-order valence-corrected chi connectivity index (χ3v) is 4.50. The Bertz CT molecular complexity index is 898. The SMILES string of the molecule is CNC(=O)c1ccc(NC(=O)COC(=O)[C@@H]2COc3ccc(Cl)cc3C2)cc1. The number of rotatable bonds is 5. The van der Waals surface area contributed by atoms with E-state index in [1.807, 2.05) is 0 Å². The normalized spacial score (nSPS) is 15.0. The van der Waals surface area contributed by atoms with E-state index in [9.17, 15) is 14.4 Å². The molecule has 0 fully saturated rings. The van der Waals surface area contributed by atoms with Gasteiger partial charge in [0.2, 0.25) is 0 Å². The highest BCUT2D eigenvalue weighted by Gasteiger charge is 2.28. The smallest absolute Gasteiger partial charge is 0.313 e. The molecule has 8 heteroatoms. The van der Waals surface area contributed by atoms with Crippen molar-refractivity contribution in [3.8, 4) is 5.75 Å². The van der Waals surface area contributed by atoms with Crippen LogP contribution < -0.4 is 15.4 Å². The second-order valence-corrected chi connectivity index (χ2v) is 6.71. The summed E-state index contributed by atoms with van der Waals surface area (Å²) in [6, 6.07) is 11.6. The van der Waals surface area contributed by atoms with Crippen LogP contribution in [0.2, 0.25) is 5.02 Å². The fourth-order valence-corrected chi connectivity index (χ4v) is 3.01. The van der Waals surface area contributed by atoms with Crippen molar-refractivity contribution in [2.75, 3.05) is 25.6 Å². The first-order chi connectivity index (χ1) is 13.5. The molecule has 1 heterocycles. The molecule has 7 nitrogen and oxygen atoms in total. The lowest BCUT2D eigenvalue weighted by molar-refractivity contribution is -0.152. The molecule has 0 bridgehead atoms. The first-order valence-electron chi connectivity index (χ1n) is 8.66. The Morgan fingerprint density at radius 3 is 2.64 bits per heavy atom. The van der Waals surface area contributed by atoms with Crippen molar-refractivity contribution >= 4 is 35.1 Å². The van der Waals surface area contributed by atoms with Gasteiger partial charge in [-0.15, -0.1) is 0 Å². The van der Waals surface area contributed by atoms with Gasteiger partial charge in [0.15, 0.2) is 6.61 Å². The maximum absolute atomic E-state index is 12.2. The van der Waals surface area contributed by atoms with Crippen LogP contribution in [0.3, 0.4) is 0 Å². The van der Waals surface area contributed by atoms with Gasteiger partial charge >= 0.3 is 5.97 Å². The molecule has 0 aromatic heterocycles. The fraction of sp³-hybridized carbons (Fsp3) is 0.250. The number of esters is 1. The molecule has 0 saturated carbocycles. The zero-order valence-corrected chi connectivity index (χ0v) is 15.9. The summed E-state index contributed by atoms with van der Waals surface area (Å²) < 4.78 is 10.7. The average molecular weight is 403 g/mol. The van der Waals surface area contributed by atoms with Crippen molar-refractivity contribution in [1.82, 2.24) is 5.32 Å². The van der Waals surface area contributed by atoms with Crippen molar-refractivity contribution in [3.05, 3.63) is 58.6 Å². The molecule has 2 N–H and O–H groups in total. The average Bonchev–Trinajstić information content (AvgIpc) is 2.71. The molecule has 28 heavy (non-hydrogen) atoms. The molecule has 3 rings (SSSR count). The largest absolute Gasteiger partial charge is 0.492 e. The first-order valence-corrected chi connectivity index (χ1v) is 9.04. The molecule has 0 spiro atoms. The second-order valence-electron chi connectivity index (χ2n) is 6.28. The van der Waals surface area contributed by atoms with Crippen LogP contribution >= 0.6 is 11.6 Å². The van der Waals surface area contributed by atoms with E-state index in [0.29, 0.717) is 28.4 Å². The summed E-state index contributed by atoms with van der Waals surface area (Å²) in [6.45, 7) is -0.217. The van der Waals surface area contributed by atoms with Crippen molar-refractivity contribution in [3.63, 3.8) is 0 Å². The molecule has 146 valence electrons. The van der Waals surface area contributed by atoms with Crippen LogP contribution in [0.15, 0.2) is 42.5 Å². The first kappa shape index (κ1) is 19.7. The molecule has 1 atom stereocenters. The van der Waals surface area contributed by atoms with Gasteiger partial charge in [0.25, 0.3) is 11.8 Å². The minimum absolute atomic E-state index is 0.191. The van der Waals surface area contributed by atoms with E-state index in [4.69, 9.17) is 21.1 Å². The van der Waals surface area contributed by atoms with Gasteiger partial charge in [-0.3, -0.25) is 14.4 Å². The minimum atomic E-state index is -0.504. The number of carbonyl (C=O) groups is 3. The number of halogens is 1. The van der Waals surface area contributed by atoms with Crippen molar-refractivity contribution in [2.24, 2.45) is 5.92 Å². The summed E-state index contributed by atoms with van der Waals surface area (Å²) >= 11 is 5.97. The molecule has 0 aliphatic carbocycles. The van der Waals surface area contributed by atoms with E-state index in [-0.39, 0.29) is 12.5 Å². The highest BCUT2D eigenvalue weighted by Crippen LogP contribution is 2.30. The van der Waals surface area contributed by atoms with Gasteiger partial charge in [-0.25, -0.2) is 0 Å². The van der Waals surface area contributed by atoms with Gasteiger partial charge in [0.05, 0.1) is 5.92 Å². The fourth-order valence-electron chi connectivity index (χ4n) is 2.82. The molecule has 0 unspecified atom stereocenters. The molecule has 2 aromatic carbocycles. The Labute approximate surface area is 167 Å². The van der Waals surface area contributed by atoms with Gasteiger partial charge in [0.1, 0.15) is 12.4 Å². The Morgan fingerprint density at radius 1 is 1.18 bits per heavy atom. The maximum atomic E-state index is 12.2. The van der Waals surface area contributed by atoms with Crippen molar-refractivity contribution in [2.45, 2.75) is 6.42 Å². The summed E-state index contributed by atoms with van der Waals surface area (Å²) in [5, 5.41) is 5.69. The predicted octanol–water partition coefficient (Wildman–Crippen LogP) is 2.43. The second kappa shape index (κ2) is 8.75. The number of fused-ring (bicyclic) bond motifs is 1. The van der Waals surface area contributed by atoms with Crippen LogP contribution in [0.25, 0.3) is 0 Å². The Morgan fingerprint density at radius 2 is 1.93 bits per heavy atom. The summed E-state index contributed by atoms with van der Waals surface area (Å²) in [5.41, 5.74) is 1.81. The lowest BCUT2D eigenvalue weighted by Gasteiger charge is -2.24. The van der Waals surface area contributed by atoms with E-state index < -0.39 is 24.4 Å². The number of benzene rings is 2. The van der Waals surface area contributed by atoms with Crippen LogP contribution in [0.5, 0.6) is 5.75 Å². The molecule has 1 aliphatic rings. The number of amides is 2. The topological polar surface area (TPSA) is 93.7 Å². The zero-order valence-electron chi connectivity index (χ0n) is 15.2. The molecule has 2 amide bonds. The molecule has 0 radical (unpaired) electrons. The molecular formula is C20H19ClN2O5. The Kier molecular flexibility index (Phi) is 6.16. The molecule has 0 saturated heterocycles. The van der Waals surface area contributed by atoms with Crippen molar-refractivity contribution in [1.29, 1.82) is 0 Å². The van der Waals surface area contributed by atoms with E-state index in [0.717, 1.165) is 5.56 Å². The highest BCUT2D eigenvalue weighted by atomic mass is 35.5. The summed E-state index contributed by atoms with van der Waals surface area (Å²) in [7, 11) is 1.54. The molecule has 2 aromatic rings. The van der Waals surface area contributed by atoms with Crippen LogP contribution in [0.4, 0.5) is 5.69 Å². The number of carbonyl (C=O) groups excluding carboxylic acids is 3. The summed E-state index contributed by atoms with van der Waals surface area (Å²) in [4.78, 5) is 35.7. The molecule has 1 aliphatic heterocycles. The number of anilines is 1. The quantitative estimate of drug-likeness (QED) is 0.749. The van der Waals surface area contributed by atoms with Gasteiger partial charge in [0, 0.05) is 23.3 Å². The van der Waals surface area contributed by atoms with E-state index in [1.165, 1.54) is 7.05 Å². The molecular weight excluding hydrogens is 384 g/mol. The van der Waals surface area contributed by atoms with Crippen LogP contribution in [0.1, 0.15) is 15.9 Å². The standard InChI is InChI=1S/C20H19ClN2O5/c1-22-19(25)12-2-5-16(6-3-12)23-18(24)11-28-20(26)14-8-13-9-15(21)4-7-17(13)27-10-14/h2-7,9,14H,8,10-11H2,1H3,(H,22,25)(H,23,24)/t14-/m0/s1. The van der Waals surface area contributed by atoms with Gasteiger partial charge in [-0.05, 0) is 54.4 Å². The number of ether oxygens (including phenoxy) is 2. The predicted molar refractivity (Wildman–Crippen MR) is 104 cm³/mol.